The van der Waals surface area contributed by atoms with Crippen LogP contribution in [0.1, 0.15) is 21.6 Å². The van der Waals surface area contributed by atoms with Gasteiger partial charge in [-0.2, -0.15) is 5.26 Å². The van der Waals surface area contributed by atoms with Crippen LogP contribution in [0.15, 0.2) is 60.9 Å². The van der Waals surface area contributed by atoms with E-state index in [9.17, 15) is 4.79 Å². The summed E-state index contributed by atoms with van der Waals surface area (Å²) in [5.74, 6) is 0.937. The Labute approximate surface area is 156 Å². The highest BCUT2D eigenvalue weighted by Gasteiger charge is 2.08. The zero-order chi connectivity index (χ0) is 19.1. The number of anilines is 2. The quantitative estimate of drug-likeness (QED) is 0.702. The topological polar surface area (TPSA) is 99.9 Å². The number of ether oxygens (including phenoxy) is 1. The number of nitrogens with one attached hydrogen (secondary N) is 2. The fourth-order valence-corrected chi connectivity index (χ4v) is 2.34. The summed E-state index contributed by atoms with van der Waals surface area (Å²) >= 11 is 0. The maximum atomic E-state index is 12.2. The summed E-state index contributed by atoms with van der Waals surface area (Å²) in [4.78, 5) is 20.5. The molecular weight excluding hydrogens is 342 g/mol. The molecule has 27 heavy (non-hydrogen) atoms. The number of carbonyl (C=O) groups is 1. The molecule has 0 atom stereocenters. The monoisotopic (exact) mass is 359 g/mol. The van der Waals surface area contributed by atoms with E-state index in [1.807, 2.05) is 30.3 Å². The zero-order valence-electron chi connectivity index (χ0n) is 14.6. The first-order chi connectivity index (χ1) is 13.2. The van der Waals surface area contributed by atoms with E-state index in [0.29, 0.717) is 17.9 Å². The van der Waals surface area contributed by atoms with Gasteiger partial charge in [-0.3, -0.25) is 4.79 Å². The lowest BCUT2D eigenvalue weighted by Gasteiger charge is -2.07. The Morgan fingerprint density at radius 1 is 1.15 bits per heavy atom. The maximum absolute atomic E-state index is 12.2. The smallest absolute Gasteiger partial charge is 0.271 e. The van der Waals surface area contributed by atoms with Crippen molar-refractivity contribution < 1.29 is 9.53 Å². The molecule has 0 bridgehead atoms. The van der Waals surface area contributed by atoms with Gasteiger partial charge in [-0.15, -0.1) is 0 Å². The van der Waals surface area contributed by atoms with Crippen LogP contribution in [0.5, 0.6) is 5.75 Å². The second-order valence-corrected chi connectivity index (χ2v) is 5.64. The summed E-state index contributed by atoms with van der Waals surface area (Å²) in [6.07, 6.45) is 2.88. The van der Waals surface area contributed by atoms with Gasteiger partial charge >= 0.3 is 0 Å². The minimum absolute atomic E-state index is 0.222. The summed E-state index contributed by atoms with van der Waals surface area (Å²) < 4.78 is 5.10. The van der Waals surface area contributed by atoms with Gasteiger partial charge in [-0.1, -0.05) is 18.2 Å². The molecule has 1 aromatic heterocycles. The number of amides is 1. The van der Waals surface area contributed by atoms with Gasteiger partial charge in [0, 0.05) is 12.2 Å². The van der Waals surface area contributed by atoms with Crippen molar-refractivity contribution >= 4 is 17.4 Å². The Kier molecular flexibility index (Phi) is 5.60. The summed E-state index contributed by atoms with van der Waals surface area (Å²) in [5.41, 5.74) is 2.44. The molecule has 2 N–H and O–H groups in total. The molecule has 0 saturated carbocycles. The molecule has 0 fully saturated rings. The van der Waals surface area contributed by atoms with E-state index in [2.05, 4.69) is 26.7 Å². The number of hydrogen-bond acceptors (Lipinski definition) is 6. The van der Waals surface area contributed by atoms with Gasteiger partial charge in [0.1, 0.15) is 17.3 Å². The van der Waals surface area contributed by atoms with Crippen LogP contribution < -0.4 is 15.4 Å². The third-order valence-electron chi connectivity index (χ3n) is 3.76. The highest BCUT2D eigenvalue weighted by Crippen LogP contribution is 2.15. The molecule has 3 aromatic rings. The van der Waals surface area contributed by atoms with Crippen molar-refractivity contribution in [2.24, 2.45) is 0 Å². The molecule has 0 saturated heterocycles. The lowest BCUT2D eigenvalue weighted by molar-refractivity contribution is 0.0945. The molecule has 3 rings (SSSR count). The van der Waals surface area contributed by atoms with Crippen LogP contribution in [0.25, 0.3) is 0 Å². The van der Waals surface area contributed by atoms with E-state index in [-0.39, 0.29) is 11.6 Å². The molecule has 0 unspecified atom stereocenters. The van der Waals surface area contributed by atoms with Crippen molar-refractivity contribution in [2.45, 2.75) is 6.54 Å². The first kappa shape index (κ1) is 17.9. The van der Waals surface area contributed by atoms with Gasteiger partial charge in [0.2, 0.25) is 0 Å². The number of nitrogens with zero attached hydrogens (tertiary/aromatic N) is 3. The number of methoxy groups -OCH3 is 1. The number of nitriles is 1. The van der Waals surface area contributed by atoms with E-state index in [1.54, 1.807) is 25.3 Å². The summed E-state index contributed by atoms with van der Waals surface area (Å²) in [7, 11) is 1.61. The SMILES string of the molecule is COc1ccc(CNC(=O)c2cnc(Nc3cccc(C#N)c3)cn2)cc1. The van der Waals surface area contributed by atoms with Gasteiger partial charge in [-0.05, 0) is 35.9 Å². The van der Waals surface area contributed by atoms with Crippen molar-refractivity contribution in [3.63, 3.8) is 0 Å². The number of aromatic nitrogens is 2. The van der Waals surface area contributed by atoms with Crippen molar-refractivity contribution in [3.05, 3.63) is 77.7 Å². The second kappa shape index (κ2) is 8.45. The van der Waals surface area contributed by atoms with Gasteiger partial charge in [0.25, 0.3) is 5.91 Å². The van der Waals surface area contributed by atoms with E-state index >= 15 is 0 Å². The van der Waals surface area contributed by atoms with Gasteiger partial charge < -0.3 is 15.4 Å². The molecule has 0 aliphatic rings. The number of benzene rings is 2. The van der Waals surface area contributed by atoms with Crippen molar-refractivity contribution in [2.75, 3.05) is 12.4 Å². The van der Waals surface area contributed by atoms with E-state index in [4.69, 9.17) is 10.00 Å². The highest BCUT2D eigenvalue weighted by molar-refractivity contribution is 5.92. The molecule has 0 spiro atoms. The van der Waals surface area contributed by atoms with Crippen LogP contribution in [-0.4, -0.2) is 23.0 Å². The third-order valence-corrected chi connectivity index (χ3v) is 3.76. The van der Waals surface area contributed by atoms with Crippen molar-refractivity contribution in [3.8, 4) is 11.8 Å². The minimum atomic E-state index is -0.309. The molecule has 0 radical (unpaired) electrons. The Hall–Kier alpha value is -3.92. The second-order valence-electron chi connectivity index (χ2n) is 5.64. The number of rotatable bonds is 6. The van der Waals surface area contributed by atoms with Crippen molar-refractivity contribution in [1.82, 2.24) is 15.3 Å². The average Bonchev–Trinajstić information content (AvgIpc) is 2.73. The summed E-state index contributed by atoms with van der Waals surface area (Å²) in [6.45, 7) is 0.380. The fraction of sp³-hybridized carbons (Fsp3) is 0.100. The third kappa shape index (κ3) is 4.80. The summed E-state index contributed by atoms with van der Waals surface area (Å²) in [5, 5.41) is 14.8. The van der Waals surface area contributed by atoms with E-state index < -0.39 is 0 Å². The molecule has 0 aliphatic heterocycles. The average molecular weight is 359 g/mol. The molecule has 7 heteroatoms. The van der Waals surface area contributed by atoms with Crippen molar-refractivity contribution in [1.29, 1.82) is 5.26 Å². The van der Waals surface area contributed by atoms with E-state index in [0.717, 1.165) is 17.0 Å². The highest BCUT2D eigenvalue weighted by atomic mass is 16.5. The lowest BCUT2D eigenvalue weighted by Crippen LogP contribution is -2.24. The molecular formula is C20H17N5O2. The standard InChI is InChI=1S/C20H17N5O2/c1-27-17-7-5-14(6-8-17)11-24-20(26)18-12-23-19(13-22-18)25-16-4-2-3-15(9-16)10-21/h2-9,12-13H,11H2,1H3,(H,23,25)(H,24,26). The number of hydrogen-bond donors (Lipinski definition) is 2. The van der Waals surface area contributed by atoms with Gasteiger partial charge in [0.15, 0.2) is 0 Å². The first-order valence-corrected chi connectivity index (χ1v) is 8.18. The van der Waals surface area contributed by atoms with Gasteiger partial charge in [0.05, 0.1) is 31.1 Å². The normalized spacial score (nSPS) is 9.93. The Balaban J connectivity index is 1.58. The minimum Gasteiger partial charge on any atom is -0.497 e. The molecule has 0 aliphatic carbocycles. The van der Waals surface area contributed by atoms with E-state index in [1.165, 1.54) is 12.4 Å². The Morgan fingerprint density at radius 3 is 2.63 bits per heavy atom. The molecule has 1 heterocycles. The Morgan fingerprint density at radius 2 is 1.96 bits per heavy atom. The zero-order valence-corrected chi connectivity index (χ0v) is 14.6. The summed E-state index contributed by atoms with van der Waals surface area (Å²) in [6, 6.07) is 16.5. The lowest BCUT2D eigenvalue weighted by atomic mass is 10.2. The molecule has 7 nitrogen and oxygen atoms in total. The van der Waals surface area contributed by atoms with Gasteiger partial charge in [-0.25, -0.2) is 9.97 Å². The van der Waals surface area contributed by atoms with Crippen LogP contribution in [0.2, 0.25) is 0 Å². The molecule has 1 amide bonds. The predicted octanol–water partition coefficient (Wildman–Crippen LogP) is 3.03. The van der Waals surface area contributed by atoms with Crippen LogP contribution >= 0.6 is 0 Å². The fourth-order valence-electron chi connectivity index (χ4n) is 2.34. The van der Waals surface area contributed by atoms with Crippen LogP contribution in [0.3, 0.4) is 0 Å². The largest absolute Gasteiger partial charge is 0.497 e. The van der Waals surface area contributed by atoms with Crippen LogP contribution in [-0.2, 0) is 6.54 Å². The first-order valence-electron chi connectivity index (χ1n) is 8.18. The maximum Gasteiger partial charge on any atom is 0.271 e. The predicted molar refractivity (Wildman–Crippen MR) is 101 cm³/mol. The number of carbonyl (C=O) groups excluding carboxylic acids is 1. The van der Waals surface area contributed by atoms with Crippen LogP contribution in [0, 0.1) is 11.3 Å². The van der Waals surface area contributed by atoms with Crippen LogP contribution in [0.4, 0.5) is 11.5 Å². The Bertz CT molecular complexity index is 963. The molecule has 134 valence electrons. The molecule has 2 aromatic carbocycles.